The Morgan fingerprint density at radius 2 is 1.97 bits per heavy atom. The molecule has 0 bridgehead atoms. The summed E-state index contributed by atoms with van der Waals surface area (Å²) in [5.41, 5.74) is 0.0588. The van der Waals surface area contributed by atoms with Crippen LogP contribution >= 0.6 is 0 Å². The van der Waals surface area contributed by atoms with Crippen molar-refractivity contribution in [1.82, 2.24) is 0 Å². The second kappa shape index (κ2) is 11.9. The number of carbonyl (C=O) groups is 2. The Bertz CT molecular complexity index is 705. The van der Waals surface area contributed by atoms with Crippen LogP contribution in [0.3, 0.4) is 0 Å². The van der Waals surface area contributed by atoms with E-state index in [9.17, 15) is 9.59 Å². The lowest BCUT2D eigenvalue weighted by Crippen LogP contribution is -2.48. The van der Waals surface area contributed by atoms with Crippen molar-refractivity contribution in [2.45, 2.75) is 78.2 Å². The molecule has 0 heterocycles. The van der Waals surface area contributed by atoms with Crippen LogP contribution in [0.5, 0.6) is 5.75 Å². The number of hydrogen-bond donors (Lipinski definition) is 1. The Kier molecular flexibility index (Phi) is 9.63. The van der Waals surface area contributed by atoms with Gasteiger partial charge in [0, 0.05) is 12.3 Å². The van der Waals surface area contributed by atoms with Crippen molar-refractivity contribution < 1.29 is 23.8 Å². The van der Waals surface area contributed by atoms with Crippen molar-refractivity contribution in [2.24, 2.45) is 5.92 Å². The number of anilines is 1. The van der Waals surface area contributed by atoms with Crippen LogP contribution in [0.2, 0.25) is 0 Å². The maximum absolute atomic E-state index is 13.3. The summed E-state index contributed by atoms with van der Waals surface area (Å²) in [6, 6.07) is 5.12. The minimum atomic E-state index is -0.811. The summed E-state index contributed by atoms with van der Waals surface area (Å²) in [4.78, 5) is 25.7. The quantitative estimate of drug-likeness (QED) is 0.386. The molecular weight excluding hydrogens is 382 g/mol. The Morgan fingerprint density at radius 1 is 1.17 bits per heavy atom. The van der Waals surface area contributed by atoms with Gasteiger partial charge in [-0.1, -0.05) is 33.6 Å². The lowest BCUT2D eigenvalue weighted by molar-refractivity contribution is -0.148. The summed E-state index contributed by atoms with van der Waals surface area (Å²) in [5, 5.41) is 2.99. The Hall–Kier alpha value is -2.08. The van der Waals surface area contributed by atoms with Gasteiger partial charge < -0.3 is 19.5 Å². The molecule has 1 aromatic rings. The van der Waals surface area contributed by atoms with Crippen LogP contribution in [0.15, 0.2) is 18.2 Å². The van der Waals surface area contributed by atoms with Gasteiger partial charge in [-0.15, -0.1) is 0 Å². The molecule has 1 N–H and O–H groups in total. The predicted molar refractivity (Wildman–Crippen MR) is 118 cm³/mol. The van der Waals surface area contributed by atoms with Crippen LogP contribution in [0.1, 0.15) is 83.0 Å². The molecule has 2 rings (SSSR count). The summed E-state index contributed by atoms with van der Waals surface area (Å²) in [7, 11) is 0. The summed E-state index contributed by atoms with van der Waals surface area (Å²) < 4.78 is 17.1. The maximum atomic E-state index is 13.3. The standard InChI is InChI=1S/C24H37NO5/c1-5-8-15-29-21-12-11-19(16-20(21)22(26)28-7-3)25-23(27)24(30-14-6-2)13-9-10-18(4)17-24/h11-12,16,18H,5-10,13-15,17H2,1-4H3,(H,25,27)/t18-,24+/m1/s1. The van der Waals surface area contributed by atoms with E-state index in [1.165, 1.54) is 0 Å². The van der Waals surface area contributed by atoms with E-state index < -0.39 is 11.6 Å². The average molecular weight is 420 g/mol. The van der Waals surface area contributed by atoms with Crippen LogP contribution in [0.4, 0.5) is 5.69 Å². The minimum absolute atomic E-state index is 0.142. The monoisotopic (exact) mass is 419 g/mol. The molecule has 1 saturated carbocycles. The number of esters is 1. The Morgan fingerprint density at radius 3 is 2.63 bits per heavy atom. The second-order valence-corrected chi connectivity index (χ2v) is 8.13. The first kappa shape index (κ1) is 24.2. The molecule has 1 aliphatic carbocycles. The maximum Gasteiger partial charge on any atom is 0.341 e. The first-order chi connectivity index (χ1) is 14.5. The first-order valence-electron chi connectivity index (χ1n) is 11.3. The van der Waals surface area contributed by atoms with Gasteiger partial charge in [0.2, 0.25) is 0 Å². The van der Waals surface area contributed by atoms with Gasteiger partial charge in [-0.3, -0.25) is 4.79 Å². The molecule has 1 amide bonds. The molecule has 0 aliphatic heterocycles. The molecule has 1 aromatic carbocycles. The van der Waals surface area contributed by atoms with Crippen LogP contribution < -0.4 is 10.1 Å². The van der Waals surface area contributed by atoms with Crippen LogP contribution in [0, 0.1) is 5.92 Å². The molecular formula is C24H37NO5. The summed E-state index contributed by atoms with van der Waals surface area (Å²) >= 11 is 0. The molecule has 0 unspecified atom stereocenters. The highest BCUT2D eigenvalue weighted by Gasteiger charge is 2.42. The van der Waals surface area contributed by atoms with E-state index in [0.717, 1.165) is 32.1 Å². The third-order valence-electron chi connectivity index (χ3n) is 5.44. The van der Waals surface area contributed by atoms with E-state index in [2.05, 4.69) is 19.2 Å². The second-order valence-electron chi connectivity index (χ2n) is 8.13. The predicted octanol–water partition coefficient (Wildman–Crippen LogP) is 5.36. The lowest BCUT2D eigenvalue weighted by Gasteiger charge is -2.38. The Labute approximate surface area is 180 Å². The van der Waals surface area contributed by atoms with E-state index >= 15 is 0 Å². The lowest BCUT2D eigenvalue weighted by atomic mass is 9.78. The highest BCUT2D eigenvalue weighted by atomic mass is 16.5. The molecule has 168 valence electrons. The van der Waals surface area contributed by atoms with E-state index in [1.807, 2.05) is 6.92 Å². The van der Waals surface area contributed by atoms with Crippen molar-refractivity contribution >= 4 is 17.6 Å². The van der Waals surface area contributed by atoms with Crippen molar-refractivity contribution in [3.63, 3.8) is 0 Å². The Balaban J connectivity index is 2.23. The average Bonchev–Trinajstić information content (AvgIpc) is 2.73. The van der Waals surface area contributed by atoms with E-state index in [4.69, 9.17) is 14.2 Å². The van der Waals surface area contributed by atoms with Crippen molar-refractivity contribution in [3.05, 3.63) is 23.8 Å². The first-order valence-corrected chi connectivity index (χ1v) is 11.3. The number of amides is 1. The van der Waals surface area contributed by atoms with Crippen LogP contribution in [-0.4, -0.2) is 37.3 Å². The fraction of sp³-hybridized carbons (Fsp3) is 0.667. The number of carbonyl (C=O) groups excluding carboxylic acids is 2. The van der Waals surface area contributed by atoms with Gasteiger partial charge in [-0.25, -0.2) is 4.79 Å². The molecule has 1 aliphatic rings. The molecule has 6 nitrogen and oxygen atoms in total. The van der Waals surface area contributed by atoms with Gasteiger partial charge in [0.25, 0.3) is 5.91 Å². The molecule has 0 spiro atoms. The van der Waals surface area contributed by atoms with Gasteiger partial charge >= 0.3 is 5.97 Å². The minimum Gasteiger partial charge on any atom is -0.493 e. The smallest absolute Gasteiger partial charge is 0.341 e. The van der Waals surface area contributed by atoms with Crippen molar-refractivity contribution in [2.75, 3.05) is 25.1 Å². The van der Waals surface area contributed by atoms with Gasteiger partial charge in [0.1, 0.15) is 16.9 Å². The number of unbranched alkanes of at least 4 members (excludes halogenated alkanes) is 1. The summed E-state index contributed by atoms with van der Waals surface area (Å²) in [6.45, 7) is 9.41. The van der Waals surface area contributed by atoms with E-state index in [0.29, 0.717) is 49.0 Å². The number of nitrogens with one attached hydrogen (secondary N) is 1. The number of ether oxygens (including phenoxy) is 3. The highest BCUT2D eigenvalue weighted by Crippen LogP contribution is 2.36. The molecule has 30 heavy (non-hydrogen) atoms. The van der Waals surface area contributed by atoms with E-state index in [1.54, 1.807) is 25.1 Å². The molecule has 0 radical (unpaired) electrons. The van der Waals surface area contributed by atoms with Crippen molar-refractivity contribution in [1.29, 1.82) is 0 Å². The van der Waals surface area contributed by atoms with Crippen LogP contribution in [-0.2, 0) is 14.3 Å². The highest BCUT2D eigenvalue weighted by molar-refractivity contribution is 5.99. The molecule has 2 atom stereocenters. The van der Waals surface area contributed by atoms with E-state index in [-0.39, 0.29) is 12.5 Å². The number of benzene rings is 1. The molecule has 0 saturated heterocycles. The van der Waals surface area contributed by atoms with Gasteiger partial charge in [0.05, 0.1) is 13.2 Å². The molecule has 1 fully saturated rings. The fourth-order valence-electron chi connectivity index (χ4n) is 3.88. The van der Waals surface area contributed by atoms with Gasteiger partial charge in [-0.05, 0) is 63.1 Å². The SMILES string of the molecule is CCCCOc1ccc(NC(=O)[C@]2(OCCC)CCC[C@@H](C)C2)cc1C(=O)OCC. The molecule has 6 heteroatoms. The zero-order chi connectivity index (χ0) is 22.0. The summed E-state index contributed by atoms with van der Waals surface area (Å²) in [5.74, 6) is 0.314. The zero-order valence-electron chi connectivity index (χ0n) is 18.9. The van der Waals surface area contributed by atoms with Gasteiger partial charge in [-0.2, -0.15) is 0 Å². The largest absolute Gasteiger partial charge is 0.493 e. The molecule has 0 aromatic heterocycles. The number of rotatable bonds is 11. The zero-order valence-corrected chi connectivity index (χ0v) is 18.9. The van der Waals surface area contributed by atoms with Crippen LogP contribution in [0.25, 0.3) is 0 Å². The number of hydrogen-bond acceptors (Lipinski definition) is 5. The third kappa shape index (κ3) is 6.46. The van der Waals surface area contributed by atoms with Gasteiger partial charge in [0.15, 0.2) is 0 Å². The third-order valence-corrected chi connectivity index (χ3v) is 5.44. The summed E-state index contributed by atoms with van der Waals surface area (Å²) in [6.07, 6.45) is 6.27. The van der Waals surface area contributed by atoms with Crippen molar-refractivity contribution in [3.8, 4) is 5.75 Å². The normalized spacial score (nSPS) is 21.1. The topological polar surface area (TPSA) is 73.9 Å². The fourth-order valence-corrected chi connectivity index (χ4v) is 3.88.